The summed E-state index contributed by atoms with van der Waals surface area (Å²) in [6, 6.07) is 1.55. The first-order valence-electron chi connectivity index (χ1n) is 7.96. The minimum Gasteiger partial charge on any atom is -0.444 e. The molecule has 0 aromatic carbocycles. The number of nitrogens with one attached hydrogen (secondary N) is 2. The lowest BCUT2D eigenvalue weighted by Gasteiger charge is -2.31. The maximum absolute atomic E-state index is 11.8. The van der Waals surface area contributed by atoms with Crippen molar-refractivity contribution < 1.29 is 9.53 Å². The Morgan fingerprint density at radius 3 is 2.35 bits per heavy atom. The summed E-state index contributed by atoms with van der Waals surface area (Å²) in [7, 11) is 0. The van der Waals surface area contributed by atoms with E-state index in [1.54, 1.807) is 0 Å². The number of amides is 1. The largest absolute Gasteiger partial charge is 0.444 e. The van der Waals surface area contributed by atoms with Crippen LogP contribution < -0.4 is 10.6 Å². The van der Waals surface area contributed by atoms with Gasteiger partial charge < -0.3 is 15.4 Å². The van der Waals surface area contributed by atoms with Gasteiger partial charge in [0.05, 0.1) is 0 Å². The first kappa shape index (κ1) is 15.6. The molecule has 2 rings (SSSR count). The lowest BCUT2D eigenvalue weighted by atomic mass is 9.83. The van der Waals surface area contributed by atoms with Gasteiger partial charge in [-0.2, -0.15) is 0 Å². The van der Waals surface area contributed by atoms with Crippen molar-refractivity contribution in [3.05, 3.63) is 0 Å². The van der Waals surface area contributed by atoms with Gasteiger partial charge in [0.1, 0.15) is 5.60 Å². The van der Waals surface area contributed by atoms with Gasteiger partial charge in [-0.3, -0.25) is 0 Å². The first-order valence-corrected chi connectivity index (χ1v) is 7.96. The van der Waals surface area contributed by atoms with Crippen LogP contribution in [0.1, 0.15) is 66.7 Å². The summed E-state index contributed by atoms with van der Waals surface area (Å²) in [5.74, 6) is 0. The van der Waals surface area contributed by atoms with E-state index in [1.165, 1.54) is 19.3 Å². The molecule has 1 spiro atoms. The maximum Gasteiger partial charge on any atom is 0.407 e. The van der Waals surface area contributed by atoms with Gasteiger partial charge in [-0.15, -0.1) is 0 Å². The monoisotopic (exact) mass is 282 g/mol. The van der Waals surface area contributed by atoms with Crippen molar-refractivity contribution in [1.29, 1.82) is 0 Å². The van der Waals surface area contributed by atoms with Crippen LogP contribution in [-0.2, 0) is 4.74 Å². The van der Waals surface area contributed by atoms with Crippen molar-refractivity contribution in [2.75, 3.05) is 0 Å². The zero-order valence-corrected chi connectivity index (χ0v) is 13.6. The molecule has 4 nitrogen and oxygen atoms in total. The van der Waals surface area contributed by atoms with Crippen LogP contribution in [0.2, 0.25) is 0 Å². The topological polar surface area (TPSA) is 50.4 Å². The molecule has 116 valence electrons. The predicted molar refractivity (Wildman–Crippen MR) is 80.7 cm³/mol. The summed E-state index contributed by atoms with van der Waals surface area (Å²) in [4.78, 5) is 11.8. The van der Waals surface area contributed by atoms with Crippen molar-refractivity contribution in [3.63, 3.8) is 0 Å². The Kier molecular flexibility index (Phi) is 4.33. The van der Waals surface area contributed by atoms with E-state index in [0.717, 1.165) is 12.8 Å². The Labute approximate surface area is 123 Å². The predicted octanol–water partition coefficient (Wildman–Crippen LogP) is 3.21. The number of carbonyl (C=O) groups is 1. The van der Waals surface area contributed by atoms with Crippen LogP contribution >= 0.6 is 0 Å². The Morgan fingerprint density at radius 1 is 1.25 bits per heavy atom. The van der Waals surface area contributed by atoms with Crippen molar-refractivity contribution in [3.8, 4) is 0 Å². The second-order valence-electron chi connectivity index (χ2n) is 7.86. The van der Waals surface area contributed by atoms with Crippen LogP contribution in [-0.4, -0.2) is 29.8 Å². The van der Waals surface area contributed by atoms with Crippen molar-refractivity contribution >= 4 is 6.09 Å². The highest BCUT2D eigenvalue weighted by Crippen LogP contribution is 2.56. The van der Waals surface area contributed by atoms with Crippen LogP contribution in [0.15, 0.2) is 0 Å². The van der Waals surface area contributed by atoms with E-state index in [1.807, 2.05) is 20.8 Å². The highest BCUT2D eigenvalue weighted by atomic mass is 16.6. The lowest BCUT2D eigenvalue weighted by molar-refractivity contribution is 0.0484. The van der Waals surface area contributed by atoms with Gasteiger partial charge in [0.25, 0.3) is 0 Å². The maximum atomic E-state index is 11.8. The van der Waals surface area contributed by atoms with E-state index in [-0.39, 0.29) is 12.1 Å². The number of rotatable bonds is 3. The minimum absolute atomic E-state index is 0.272. The second-order valence-corrected chi connectivity index (χ2v) is 7.86. The molecule has 0 radical (unpaired) electrons. The van der Waals surface area contributed by atoms with Gasteiger partial charge >= 0.3 is 6.09 Å². The fourth-order valence-corrected chi connectivity index (χ4v) is 3.35. The van der Waals surface area contributed by atoms with E-state index in [2.05, 4.69) is 24.5 Å². The van der Waals surface area contributed by atoms with Gasteiger partial charge in [0.2, 0.25) is 0 Å². The Hall–Kier alpha value is -0.770. The van der Waals surface area contributed by atoms with Gasteiger partial charge in [0.15, 0.2) is 0 Å². The fourth-order valence-electron chi connectivity index (χ4n) is 3.35. The quantitative estimate of drug-likeness (QED) is 0.835. The van der Waals surface area contributed by atoms with Crippen molar-refractivity contribution in [2.24, 2.45) is 5.41 Å². The average Bonchev–Trinajstić information content (AvgIpc) is 2.91. The summed E-state index contributed by atoms with van der Waals surface area (Å²) in [6.45, 7) is 10.1. The Bertz CT molecular complexity index is 352. The highest BCUT2D eigenvalue weighted by molar-refractivity contribution is 5.68. The fraction of sp³-hybridized carbons (Fsp3) is 0.938. The molecule has 2 fully saturated rings. The minimum atomic E-state index is -0.414. The highest BCUT2D eigenvalue weighted by Gasteiger charge is 2.54. The number of hydrogen-bond donors (Lipinski definition) is 2. The third-order valence-corrected chi connectivity index (χ3v) is 4.43. The third-order valence-electron chi connectivity index (χ3n) is 4.43. The third kappa shape index (κ3) is 4.11. The summed E-state index contributed by atoms with van der Waals surface area (Å²) >= 11 is 0. The standard InChI is InChI=1S/C16H30N2O2/c1-11(2)17-13-10-16(13)8-6-12(7-9-16)18-14(19)20-15(3,4)5/h11-13,17H,6-10H2,1-5H3,(H,18,19). The second kappa shape index (κ2) is 5.55. The first-order chi connectivity index (χ1) is 9.20. The molecule has 2 aliphatic carbocycles. The van der Waals surface area contributed by atoms with Crippen molar-refractivity contribution in [1.82, 2.24) is 10.6 Å². The zero-order valence-electron chi connectivity index (χ0n) is 13.6. The molecule has 1 unspecified atom stereocenters. The van der Waals surface area contributed by atoms with E-state index in [4.69, 9.17) is 4.74 Å². The molecule has 0 aromatic rings. The summed E-state index contributed by atoms with van der Waals surface area (Å²) in [6.07, 6.45) is 5.64. The zero-order chi connectivity index (χ0) is 15.0. The number of ether oxygens (including phenoxy) is 1. The van der Waals surface area contributed by atoms with Gasteiger partial charge in [-0.1, -0.05) is 13.8 Å². The van der Waals surface area contributed by atoms with E-state index in [9.17, 15) is 4.79 Å². The smallest absolute Gasteiger partial charge is 0.407 e. The Morgan fingerprint density at radius 2 is 1.85 bits per heavy atom. The molecule has 0 aromatic heterocycles. The molecule has 1 amide bonds. The van der Waals surface area contributed by atoms with Crippen LogP contribution in [0, 0.1) is 5.41 Å². The van der Waals surface area contributed by atoms with E-state index in [0.29, 0.717) is 17.5 Å². The average molecular weight is 282 g/mol. The molecule has 1 atom stereocenters. The number of alkyl carbamates (subject to hydrolysis) is 1. The molecule has 20 heavy (non-hydrogen) atoms. The number of hydrogen-bond acceptors (Lipinski definition) is 3. The molecular formula is C16H30N2O2. The van der Waals surface area contributed by atoms with Crippen LogP contribution in [0.25, 0.3) is 0 Å². The van der Waals surface area contributed by atoms with Gasteiger partial charge in [0, 0.05) is 18.1 Å². The van der Waals surface area contributed by atoms with Gasteiger partial charge in [-0.05, 0) is 58.3 Å². The molecule has 2 aliphatic rings. The normalized spacial score (nSPS) is 33.3. The molecule has 0 bridgehead atoms. The van der Waals surface area contributed by atoms with Crippen LogP contribution in [0.3, 0.4) is 0 Å². The molecular weight excluding hydrogens is 252 g/mol. The lowest BCUT2D eigenvalue weighted by Crippen LogP contribution is -2.42. The molecule has 0 saturated heterocycles. The summed E-state index contributed by atoms with van der Waals surface area (Å²) in [5.41, 5.74) is 0.110. The molecule has 2 saturated carbocycles. The Balaban J connectivity index is 1.72. The van der Waals surface area contributed by atoms with Crippen molar-refractivity contribution in [2.45, 2.75) is 90.4 Å². The van der Waals surface area contributed by atoms with E-state index >= 15 is 0 Å². The molecule has 0 heterocycles. The molecule has 0 aliphatic heterocycles. The number of carbonyl (C=O) groups excluding carboxylic acids is 1. The van der Waals surface area contributed by atoms with Crippen LogP contribution in [0.4, 0.5) is 4.79 Å². The van der Waals surface area contributed by atoms with Crippen LogP contribution in [0.5, 0.6) is 0 Å². The summed E-state index contributed by atoms with van der Waals surface area (Å²) < 4.78 is 5.32. The summed E-state index contributed by atoms with van der Waals surface area (Å²) in [5, 5.41) is 6.67. The van der Waals surface area contributed by atoms with Gasteiger partial charge in [-0.25, -0.2) is 4.79 Å². The van der Waals surface area contributed by atoms with E-state index < -0.39 is 5.60 Å². The molecule has 4 heteroatoms. The molecule has 2 N–H and O–H groups in total. The SMILES string of the molecule is CC(C)NC1CC12CCC(NC(=O)OC(C)(C)C)CC2.